The predicted molar refractivity (Wildman–Crippen MR) is 71.6 cm³/mol. The van der Waals surface area contributed by atoms with Crippen LogP contribution in [0.5, 0.6) is 0 Å². The van der Waals surface area contributed by atoms with E-state index in [1.54, 1.807) is 0 Å². The number of likely N-dealkylation sites (tertiary alicyclic amines) is 1. The smallest absolute Gasteiger partial charge is 0.0662 e. The molecule has 0 bridgehead atoms. The summed E-state index contributed by atoms with van der Waals surface area (Å²) in [6, 6.07) is 7.68. The molecule has 0 aliphatic carbocycles. The molecule has 1 aliphatic rings. The predicted octanol–water partition coefficient (Wildman–Crippen LogP) is 2.21. The van der Waals surface area contributed by atoms with Crippen LogP contribution < -0.4 is 5.32 Å². The number of para-hydroxylation sites is 1. The molecule has 0 aromatic heterocycles. The molecule has 1 aliphatic heterocycles. The zero-order valence-corrected chi connectivity index (χ0v) is 10.9. The standard InChI is InChI=1S/C13H19ClN2O/c1-16-8-6-13(10-17,7-9-16)15-12-5-3-2-4-11(12)14/h2-5,15,17H,6-10H2,1H3. The fourth-order valence-corrected chi connectivity index (χ4v) is 2.40. The van der Waals surface area contributed by atoms with Gasteiger partial charge in [0.2, 0.25) is 0 Å². The van der Waals surface area contributed by atoms with E-state index >= 15 is 0 Å². The van der Waals surface area contributed by atoms with E-state index in [9.17, 15) is 5.11 Å². The number of halogens is 1. The van der Waals surface area contributed by atoms with Gasteiger partial charge in [0, 0.05) is 13.1 Å². The molecule has 0 unspecified atom stereocenters. The van der Waals surface area contributed by atoms with Gasteiger partial charge in [-0.3, -0.25) is 0 Å². The van der Waals surface area contributed by atoms with Gasteiger partial charge in [-0.05, 0) is 32.0 Å². The third-order valence-electron chi connectivity index (χ3n) is 3.52. The van der Waals surface area contributed by atoms with Crippen molar-refractivity contribution >= 4 is 17.3 Å². The second kappa shape index (κ2) is 5.25. The number of benzene rings is 1. The quantitative estimate of drug-likeness (QED) is 0.868. The molecule has 1 fully saturated rings. The van der Waals surface area contributed by atoms with Gasteiger partial charge in [-0.15, -0.1) is 0 Å². The highest BCUT2D eigenvalue weighted by Gasteiger charge is 2.33. The van der Waals surface area contributed by atoms with E-state index in [4.69, 9.17) is 11.6 Å². The first-order valence-corrected chi connectivity index (χ1v) is 6.35. The van der Waals surface area contributed by atoms with Gasteiger partial charge in [-0.2, -0.15) is 0 Å². The number of hydrogen-bond acceptors (Lipinski definition) is 3. The van der Waals surface area contributed by atoms with E-state index in [1.165, 1.54) is 0 Å². The van der Waals surface area contributed by atoms with Crippen LogP contribution in [-0.4, -0.2) is 42.3 Å². The highest BCUT2D eigenvalue weighted by atomic mass is 35.5. The van der Waals surface area contributed by atoms with Gasteiger partial charge in [0.15, 0.2) is 0 Å². The number of aliphatic hydroxyl groups excluding tert-OH is 1. The lowest BCUT2D eigenvalue weighted by Gasteiger charge is -2.40. The molecule has 1 aromatic carbocycles. The molecule has 0 saturated carbocycles. The average molecular weight is 255 g/mol. The summed E-state index contributed by atoms with van der Waals surface area (Å²) in [4.78, 5) is 2.28. The van der Waals surface area contributed by atoms with Crippen molar-refractivity contribution in [2.24, 2.45) is 0 Å². The summed E-state index contributed by atoms with van der Waals surface area (Å²) in [5.41, 5.74) is 0.685. The van der Waals surface area contributed by atoms with Crippen molar-refractivity contribution in [1.29, 1.82) is 0 Å². The molecule has 0 radical (unpaired) electrons. The van der Waals surface area contributed by atoms with Crippen LogP contribution in [-0.2, 0) is 0 Å². The van der Waals surface area contributed by atoms with Gasteiger partial charge >= 0.3 is 0 Å². The van der Waals surface area contributed by atoms with Crippen molar-refractivity contribution in [3.05, 3.63) is 29.3 Å². The van der Waals surface area contributed by atoms with Crippen LogP contribution in [0.25, 0.3) is 0 Å². The normalized spacial score (nSPS) is 20.2. The third kappa shape index (κ3) is 2.92. The van der Waals surface area contributed by atoms with Crippen molar-refractivity contribution in [2.75, 3.05) is 32.1 Å². The Morgan fingerprint density at radius 1 is 1.35 bits per heavy atom. The van der Waals surface area contributed by atoms with Crippen molar-refractivity contribution in [3.8, 4) is 0 Å². The molecular formula is C13H19ClN2O. The topological polar surface area (TPSA) is 35.5 Å². The van der Waals surface area contributed by atoms with E-state index in [-0.39, 0.29) is 12.1 Å². The molecule has 2 rings (SSSR count). The zero-order valence-electron chi connectivity index (χ0n) is 10.1. The van der Waals surface area contributed by atoms with Gasteiger partial charge in [0.05, 0.1) is 22.9 Å². The molecular weight excluding hydrogens is 236 g/mol. The molecule has 0 spiro atoms. The molecule has 17 heavy (non-hydrogen) atoms. The van der Waals surface area contributed by atoms with E-state index < -0.39 is 0 Å². The van der Waals surface area contributed by atoms with Crippen LogP contribution >= 0.6 is 11.6 Å². The van der Waals surface area contributed by atoms with Crippen LogP contribution in [0.1, 0.15) is 12.8 Å². The minimum absolute atomic E-state index is 0.145. The van der Waals surface area contributed by atoms with E-state index in [0.29, 0.717) is 5.02 Å². The molecule has 94 valence electrons. The molecule has 2 N–H and O–H groups in total. The van der Waals surface area contributed by atoms with Gasteiger partial charge in [0.1, 0.15) is 0 Å². The minimum Gasteiger partial charge on any atom is -0.394 e. The highest BCUT2D eigenvalue weighted by molar-refractivity contribution is 6.33. The Morgan fingerprint density at radius 3 is 2.59 bits per heavy atom. The number of piperidine rings is 1. The summed E-state index contributed by atoms with van der Waals surface area (Å²) >= 11 is 6.14. The van der Waals surface area contributed by atoms with Crippen molar-refractivity contribution in [1.82, 2.24) is 4.90 Å². The molecule has 1 saturated heterocycles. The Bertz CT molecular complexity index is 375. The largest absolute Gasteiger partial charge is 0.394 e. The van der Waals surface area contributed by atoms with E-state index in [1.807, 2.05) is 24.3 Å². The second-order valence-corrected chi connectivity index (χ2v) is 5.25. The Morgan fingerprint density at radius 2 is 2.00 bits per heavy atom. The molecule has 0 atom stereocenters. The monoisotopic (exact) mass is 254 g/mol. The lowest BCUT2D eigenvalue weighted by Crippen LogP contribution is -2.50. The molecule has 1 heterocycles. The van der Waals surface area contributed by atoms with Crippen molar-refractivity contribution in [3.63, 3.8) is 0 Å². The highest BCUT2D eigenvalue weighted by Crippen LogP contribution is 2.29. The number of nitrogens with one attached hydrogen (secondary N) is 1. The Hall–Kier alpha value is -0.770. The van der Waals surface area contributed by atoms with Gasteiger partial charge in [0.25, 0.3) is 0 Å². The lowest BCUT2D eigenvalue weighted by atomic mass is 9.88. The fraction of sp³-hybridized carbons (Fsp3) is 0.538. The first kappa shape index (κ1) is 12.7. The molecule has 4 heteroatoms. The van der Waals surface area contributed by atoms with Crippen LogP contribution in [0.3, 0.4) is 0 Å². The van der Waals surface area contributed by atoms with Gasteiger partial charge in [-0.25, -0.2) is 0 Å². The second-order valence-electron chi connectivity index (χ2n) is 4.85. The Kier molecular flexibility index (Phi) is 3.92. The Balaban J connectivity index is 2.12. The van der Waals surface area contributed by atoms with Crippen LogP contribution in [0.15, 0.2) is 24.3 Å². The SMILES string of the molecule is CN1CCC(CO)(Nc2ccccc2Cl)CC1. The molecule has 1 aromatic rings. The fourth-order valence-electron chi connectivity index (χ4n) is 2.22. The van der Waals surface area contributed by atoms with Crippen LogP contribution in [0.4, 0.5) is 5.69 Å². The average Bonchev–Trinajstić information content (AvgIpc) is 2.35. The van der Waals surface area contributed by atoms with Gasteiger partial charge in [-0.1, -0.05) is 23.7 Å². The molecule has 0 amide bonds. The number of aliphatic hydroxyl groups is 1. The maximum Gasteiger partial charge on any atom is 0.0662 e. The number of nitrogens with zero attached hydrogens (tertiary/aromatic N) is 1. The van der Waals surface area contributed by atoms with Gasteiger partial charge < -0.3 is 15.3 Å². The van der Waals surface area contributed by atoms with Crippen LogP contribution in [0.2, 0.25) is 5.02 Å². The summed E-state index contributed by atoms with van der Waals surface area (Å²) in [5, 5.41) is 13.8. The first-order valence-electron chi connectivity index (χ1n) is 5.97. The lowest BCUT2D eigenvalue weighted by molar-refractivity contribution is 0.133. The summed E-state index contributed by atoms with van der Waals surface area (Å²) in [7, 11) is 2.11. The molecule has 3 nitrogen and oxygen atoms in total. The van der Waals surface area contributed by atoms with Crippen molar-refractivity contribution < 1.29 is 5.11 Å². The van der Waals surface area contributed by atoms with E-state index in [2.05, 4.69) is 17.3 Å². The summed E-state index contributed by atoms with van der Waals surface area (Å²) in [6.07, 6.45) is 1.87. The minimum atomic E-state index is -0.225. The number of anilines is 1. The van der Waals surface area contributed by atoms with Crippen molar-refractivity contribution in [2.45, 2.75) is 18.4 Å². The summed E-state index contributed by atoms with van der Waals surface area (Å²) in [5.74, 6) is 0. The maximum atomic E-state index is 9.66. The Labute approximate surface area is 107 Å². The first-order chi connectivity index (χ1) is 8.15. The van der Waals surface area contributed by atoms with Crippen LogP contribution in [0, 0.1) is 0 Å². The zero-order chi connectivity index (χ0) is 12.3. The number of rotatable bonds is 3. The maximum absolute atomic E-state index is 9.66. The third-order valence-corrected chi connectivity index (χ3v) is 3.85. The van der Waals surface area contributed by atoms with E-state index in [0.717, 1.165) is 31.6 Å². The summed E-state index contributed by atoms with van der Waals surface area (Å²) < 4.78 is 0. The summed E-state index contributed by atoms with van der Waals surface area (Å²) in [6.45, 7) is 2.14. The number of hydrogen-bond donors (Lipinski definition) is 2.